The minimum atomic E-state index is 0.546. The Morgan fingerprint density at radius 2 is 1.13 bits per heavy atom. The summed E-state index contributed by atoms with van der Waals surface area (Å²) in [6.45, 7) is 8.49. The fraction of sp³-hybridized carbons (Fsp3) is 0. The number of para-hydroxylation sites is 2. The Morgan fingerprint density at radius 1 is 0.476 bits per heavy atom. The van der Waals surface area contributed by atoms with E-state index in [4.69, 9.17) is 19.4 Å². The Kier molecular flexibility index (Phi) is 8.59. The van der Waals surface area contributed by atoms with E-state index in [0.29, 0.717) is 17.5 Å². The van der Waals surface area contributed by atoms with Gasteiger partial charge in [-0.15, -0.1) is 11.3 Å². The maximum Gasteiger partial charge on any atom is 0.164 e. The molecule has 6 heteroatoms. The Labute approximate surface area is 366 Å². The minimum Gasteiger partial charge on any atom is -0.456 e. The average Bonchev–Trinajstić information content (AvgIpc) is 4.01. The number of rotatable bonds is 8. The number of nitrogens with zero attached hydrogens (tertiary/aromatic N) is 4. The molecule has 0 spiro atoms. The zero-order valence-electron chi connectivity index (χ0n) is 34.0. The molecule has 63 heavy (non-hydrogen) atoms. The molecule has 4 aromatic heterocycles. The van der Waals surface area contributed by atoms with Gasteiger partial charge >= 0.3 is 0 Å². The molecule has 0 N–H and O–H groups in total. The molecule has 0 aliphatic rings. The summed E-state index contributed by atoms with van der Waals surface area (Å²) in [6.07, 6.45) is 5.76. The second kappa shape index (κ2) is 14.8. The van der Waals surface area contributed by atoms with Gasteiger partial charge in [0.25, 0.3) is 0 Å². The van der Waals surface area contributed by atoms with E-state index < -0.39 is 0 Å². The second-order valence-corrected chi connectivity index (χ2v) is 16.7. The SMILES string of the molecule is C=C/C=C(\C=C)c1cc(-c2nc(-c3ccccc3)nc(-c3ccc4c(c3)oc3ccccc34)n2)cc(-c2ccccc2)c1-n1c2ccccc2c2cc3c(cc21)sc1ccccc13. The lowest BCUT2D eigenvalue weighted by molar-refractivity contribution is 0.669. The standard InChI is InChI=1S/C57H36N4OS/c1-3-17-35(4-2)44-30-39(57-59-55(37-20-9-6-10-21-37)58-56(60-57)38-28-29-42-41-23-12-15-26-50(41)62-51(42)32-38)31-45(36-18-7-5-8-19-36)54(44)61-48-25-14-11-22-40(48)46-33-47-43-24-13-16-27-52(43)63-53(47)34-49(46)61/h3-34H,1-2H2/b35-17+. The van der Waals surface area contributed by atoms with Crippen molar-refractivity contribution in [1.82, 2.24) is 19.5 Å². The van der Waals surface area contributed by atoms with E-state index in [2.05, 4.69) is 139 Å². The van der Waals surface area contributed by atoms with Gasteiger partial charge in [0.2, 0.25) is 0 Å². The minimum absolute atomic E-state index is 0.546. The van der Waals surface area contributed by atoms with E-state index in [1.54, 1.807) is 0 Å². The first-order valence-electron chi connectivity index (χ1n) is 20.9. The van der Waals surface area contributed by atoms with Gasteiger partial charge < -0.3 is 8.98 Å². The van der Waals surface area contributed by atoms with Crippen LogP contribution in [0.15, 0.2) is 212 Å². The highest BCUT2D eigenvalue weighted by molar-refractivity contribution is 7.25. The van der Waals surface area contributed by atoms with Gasteiger partial charge in [0.05, 0.1) is 16.7 Å². The fourth-order valence-electron chi connectivity index (χ4n) is 9.10. The van der Waals surface area contributed by atoms with Crippen LogP contribution in [-0.2, 0) is 0 Å². The molecule has 0 bridgehead atoms. The maximum atomic E-state index is 6.34. The van der Waals surface area contributed by atoms with Crippen LogP contribution in [0.25, 0.3) is 120 Å². The lowest BCUT2D eigenvalue weighted by Gasteiger charge is -2.21. The third-order valence-corrected chi connectivity index (χ3v) is 13.1. The highest BCUT2D eigenvalue weighted by atomic mass is 32.1. The van der Waals surface area contributed by atoms with Crippen LogP contribution >= 0.6 is 11.3 Å². The summed E-state index contributed by atoms with van der Waals surface area (Å²) in [5.74, 6) is 1.67. The Morgan fingerprint density at radius 3 is 1.90 bits per heavy atom. The molecule has 0 saturated heterocycles. The summed E-state index contributed by atoms with van der Waals surface area (Å²) in [7, 11) is 0. The molecular weight excluding hydrogens is 789 g/mol. The molecule has 0 amide bonds. The van der Waals surface area contributed by atoms with Crippen molar-refractivity contribution < 1.29 is 4.42 Å². The molecule has 12 rings (SSSR count). The molecule has 5 nitrogen and oxygen atoms in total. The molecule has 0 aliphatic heterocycles. The highest BCUT2D eigenvalue weighted by Gasteiger charge is 2.24. The van der Waals surface area contributed by atoms with Crippen LogP contribution in [0.5, 0.6) is 0 Å². The molecule has 0 radical (unpaired) electrons. The molecule has 0 unspecified atom stereocenters. The van der Waals surface area contributed by atoms with Gasteiger partial charge in [-0.05, 0) is 65.7 Å². The zero-order chi connectivity index (χ0) is 42.0. The molecular formula is C57H36N4OS. The summed E-state index contributed by atoms with van der Waals surface area (Å²) in [4.78, 5) is 15.6. The molecule has 0 fully saturated rings. The smallest absolute Gasteiger partial charge is 0.164 e. The van der Waals surface area contributed by atoms with Crippen molar-refractivity contribution in [3.8, 4) is 51.0 Å². The molecule has 4 heterocycles. The van der Waals surface area contributed by atoms with Crippen molar-refractivity contribution in [2.45, 2.75) is 0 Å². The third-order valence-electron chi connectivity index (χ3n) is 12.0. The van der Waals surface area contributed by atoms with Gasteiger partial charge in [-0.1, -0.05) is 153 Å². The molecule has 0 saturated carbocycles. The van der Waals surface area contributed by atoms with Crippen molar-refractivity contribution in [2.75, 3.05) is 0 Å². The van der Waals surface area contributed by atoms with Crippen molar-refractivity contribution in [1.29, 1.82) is 0 Å². The Balaban J connectivity index is 1.16. The summed E-state index contributed by atoms with van der Waals surface area (Å²) >= 11 is 1.83. The first-order chi connectivity index (χ1) is 31.1. The van der Waals surface area contributed by atoms with E-state index in [1.165, 1.54) is 30.9 Å². The van der Waals surface area contributed by atoms with Crippen molar-refractivity contribution in [3.05, 3.63) is 213 Å². The number of benzene rings is 8. The lowest BCUT2D eigenvalue weighted by atomic mass is 9.92. The topological polar surface area (TPSA) is 56.7 Å². The fourth-order valence-corrected chi connectivity index (χ4v) is 10.2. The number of fused-ring (bicyclic) bond motifs is 9. The molecule has 12 aromatic rings. The van der Waals surface area contributed by atoms with Gasteiger partial charge in [-0.3, -0.25) is 0 Å². The summed E-state index contributed by atoms with van der Waals surface area (Å²) in [5, 5.41) is 7.04. The van der Waals surface area contributed by atoms with Crippen LogP contribution in [0.2, 0.25) is 0 Å². The van der Waals surface area contributed by atoms with Gasteiger partial charge in [-0.2, -0.15) is 0 Å². The van der Waals surface area contributed by atoms with Crippen LogP contribution in [-0.4, -0.2) is 19.5 Å². The molecule has 296 valence electrons. The van der Waals surface area contributed by atoms with Crippen molar-refractivity contribution in [2.24, 2.45) is 0 Å². The largest absolute Gasteiger partial charge is 0.456 e. The summed E-state index contributed by atoms with van der Waals surface area (Å²) in [6, 6.07) is 61.6. The van der Waals surface area contributed by atoms with E-state index in [1.807, 2.05) is 84.2 Å². The van der Waals surface area contributed by atoms with E-state index in [0.717, 1.165) is 77.6 Å². The van der Waals surface area contributed by atoms with Gasteiger partial charge in [-0.25, -0.2) is 15.0 Å². The quantitative estimate of drug-likeness (QED) is 0.143. The lowest BCUT2D eigenvalue weighted by Crippen LogP contribution is -2.05. The monoisotopic (exact) mass is 824 g/mol. The van der Waals surface area contributed by atoms with Gasteiger partial charge in [0.1, 0.15) is 11.2 Å². The average molecular weight is 825 g/mol. The van der Waals surface area contributed by atoms with Crippen LogP contribution in [0.1, 0.15) is 5.56 Å². The number of aromatic nitrogens is 4. The first-order valence-corrected chi connectivity index (χ1v) is 21.7. The molecule has 0 atom stereocenters. The molecule has 8 aromatic carbocycles. The summed E-state index contributed by atoms with van der Waals surface area (Å²) in [5.41, 5.74) is 11.4. The van der Waals surface area contributed by atoms with E-state index in [9.17, 15) is 0 Å². The first kappa shape index (κ1) is 36.6. The number of furan rings is 1. The predicted molar refractivity (Wildman–Crippen MR) is 264 cm³/mol. The van der Waals surface area contributed by atoms with Crippen LogP contribution in [0.3, 0.4) is 0 Å². The number of hydrogen-bond acceptors (Lipinski definition) is 5. The van der Waals surface area contributed by atoms with Crippen molar-refractivity contribution >= 4 is 80.8 Å². The highest BCUT2D eigenvalue weighted by Crippen LogP contribution is 2.45. The summed E-state index contributed by atoms with van der Waals surface area (Å²) < 4.78 is 11.3. The van der Waals surface area contributed by atoms with Crippen LogP contribution in [0.4, 0.5) is 0 Å². The number of hydrogen-bond donors (Lipinski definition) is 0. The van der Waals surface area contributed by atoms with Crippen LogP contribution < -0.4 is 0 Å². The van der Waals surface area contributed by atoms with E-state index in [-0.39, 0.29) is 0 Å². The predicted octanol–water partition coefficient (Wildman–Crippen LogP) is 15.7. The Bertz CT molecular complexity index is 3840. The second-order valence-electron chi connectivity index (χ2n) is 15.6. The third kappa shape index (κ3) is 6.03. The van der Waals surface area contributed by atoms with Gasteiger partial charge in [0, 0.05) is 69.5 Å². The number of allylic oxidation sites excluding steroid dienone is 4. The van der Waals surface area contributed by atoms with Crippen molar-refractivity contribution in [3.63, 3.8) is 0 Å². The van der Waals surface area contributed by atoms with Gasteiger partial charge in [0.15, 0.2) is 17.5 Å². The Hall–Kier alpha value is -8.19. The molecule has 0 aliphatic carbocycles. The van der Waals surface area contributed by atoms with E-state index >= 15 is 0 Å². The number of thiophene rings is 1. The normalized spacial score (nSPS) is 12.0. The maximum absolute atomic E-state index is 6.34. The van der Waals surface area contributed by atoms with Crippen LogP contribution in [0, 0.1) is 0 Å². The zero-order valence-corrected chi connectivity index (χ0v) is 34.8.